The van der Waals surface area contributed by atoms with Gasteiger partial charge in [0.1, 0.15) is 0 Å². The van der Waals surface area contributed by atoms with Crippen LogP contribution in [0, 0.1) is 0 Å². The molecule has 0 saturated carbocycles. The lowest BCUT2D eigenvalue weighted by Crippen LogP contribution is -2.50. The van der Waals surface area contributed by atoms with Gasteiger partial charge < -0.3 is 10.0 Å². The van der Waals surface area contributed by atoms with Crippen molar-refractivity contribution in [2.75, 3.05) is 51.2 Å². The van der Waals surface area contributed by atoms with Crippen LogP contribution in [0.3, 0.4) is 0 Å². The van der Waals surface area contributed by atoms with E-state index in [9.17, 15) is 5.11 Å². The van der Waals surface area contributed by atoms with Crippen molar-refractivity contribution in [2.24, 2.45) is 0 Å². The Hall–Kier alpha value is -2.66. The lowest BCUT2D eigenvalue weighted by molar-refractivity contribution is 0.0653. The summed E-state index contributed by atoms with van der Waals surface area (Å²) in [5.41, 5.74) is 3.82. The predicted molar refractivity (Wildman–Crippen MR) is 128 cm³/mol. The molecule has 1 saturated heterocycles. The number of nitrogens with zero attached hydrogens (tertiary/aromatic N) is 3. The minimum Gasteiger partial charge on any atom is -0.390 e. The first-order chi connectivity index (χ1) is 15.2. The average Bonchev–Trinajstić information content (AvgIpc) is 2.82. The molecule has 1 unspecified atom stereocenters. The van der Waals surface area contributed by atoms with Crippen molar-refractivity contribution in [1.29, 1.82) is 0 Å². The minimum atomic E-state index is -0.365. The molecular formula is C27H33N3O. The van der Waals surface area contributed by atoms with Gasteiger partial charge in [0, 0.05) is 52.0 Å². The van der Waals surface area contributed by atoms with Crippen molar-refractivity contribution in [1.82, 2.24) is 9.80 Å². The Balaban J connectivity index is 1.34. The molecular weight excluding hydrogens is 382 g/mol. The summed E-state index contributed by atoms with van der Waals surface area (Å²) in [6.45, 7) is 5.29. The van der Waals surface area contributed by atoms with E-state index in [1.54, 1.807) is 0 Å². The zero-order chi connectivity index (χ0) is 21.5. The van der Waals surface area contributed by atoms with Gasteiger partial charge in [0.15, 0.2) is 0 Å². The zero-order valence-electron chi connectivity index (χ0n) is 18.3. The van der Waals surface area contributed by atoms with Crippen LogP contribution in [-0.2, 0) is 0 Å². The van der Waals surface area contributed by atoms with Gasteiger partial charge in [0.25, 0.3) is 0 Å². The van der Waals surface area contributed by atoms with E-state index in [-0.39, 0.29) is 12.1 Å². The highest BCUT2D eigenvalue weighted by Gasteiger charge is 2.27. The van der Waals surface area contributed by atoms with Crippen molar-refractivity contribution in [3.05, 3.63) is 102 Å². The average molecular weight is 416 g/mol. The molecule has 1 heterocycles. The third-order valence-electron chi connectivity index (χ3n) is 6.15. The molecule has 3 aromatic rings. The number of rotatable bonds is 8. The van der Waals surface area contributed by atoms with Crippen molar-refractivity contribution in [2.45, 2.75) is 12.1 Å². The van der Waals surface area contributed by atoms with Gasteiger partial charge >= 0.3 is 0 Å². The van der Waals surface area contributed by atoms with E-state index in [0.717, 1.165) is 31.9 Å². The van der Waals surface area contributed by atoms with Crippen LogP contribution in [0.15, 0.2) is 91.0 Å². The quantitative estimate of drug-likeness (QED) is 0.605. The van der Waals surface area contributed by atoms with Crippen LogP contribution >= 0.6 is 0 Å². The molecule has 3 aromatic carbocycles. The van der Waals surface area contributed by atoms with Gasteiger partial charge in [0.05, 0.1) is 12.1 Å². The van der Waals surface area contributed by atoms with E-state index < -0.39 is 0 Å². The maximum absolute atomic E-state index is 10.7. The van der Waals surface area contributed by atoms with Crippen LogP contribution < -0.4 is 4.90 Å². The molecule has 0 aliphatic carbocycles. The Morgan fingerprint density at radius 2 is 1.23 bits per heavy atom. The molecule has 0 radical (unpaired) electrons. The summed E-state index contributed by atoms with van der Waals surface area (Å²) < 4.78 is 0. The number of benzene rings is 3. The number of likely N-dealkylation sites (N-methyl/N-ethyl adjacent to an activating group) is 1. The number of anilines is 1. The Bertz CT molecular complexity index is 856. The largest absolute Gasteiger partial charge is 0.390 e. The Kier molecular flexibility index (Phi) is 7.36. The first-order valence-electron chi connectivity index (χ1n) is 11.2. The molecule has 4 heteroatoms. The highest BCUT2D eigenvalue weighted by molar-refractivity contribution is 5.45. The van der Waals surface area contributed by atoms with E-state index >= 15 is 0 Å². The number of β-amino-alcohol motifs (C(OH)–C–C–N with tert-alkyl or cyclic N) is 1. The van der Waals surface area contributed by atoms with E-state index in [0.29, 0.717) is 13.1 Å². The van der Waals surface area contributed by atoms with Crippen molar-refractivity contribution < 1.29 is 5.11 Å². The summed E-state index contributed by atoms with van der Waals surface area (Å²) in [6.07, 6.45) is -0.365. The first kappa shape index (κ1) is 21.6. The molecule has 1 fully saturated rings. The molecule has 1 aliphatic heterocycles. The van der Waals surface area contributed by atoms with Crippen LogP contribution in [0.25, 0.3) is 0 Å². The SMILES string of the molecule is CN(CC(O)CN1CCN(C(c2ccccc2)c2ccccc2)CC1)c1ccccc1. The molecule has 1 aliphatic rings. The van der Waals surface area contributed by atoms with Crippen molar-refractivity contribution >= 4 is 5.69 Å². The smallest absolute Gasteiger partial charge is 0.0841 e. The number of hydrogen-bond donors (Lipinski definition) is 1. The predicted octanol–water partition coefficient (Wildman–Crippen LogP) is 3.89. The Labute approximate surface area is 186 Å². The maximum Gasteiger partial charge on any atom is 0.0841 e. The van der Waals surface area contributed by atoms with E-state index in [1.807, 2.05) is 25.2 Å². The molecule has 1 N–H and O–H groups in total. The normalized spacial score (nSPS) is 16.4. The maximum atomic E-state index is 10.7. The first-order valence-corrected chi connectivity index (χ1v) is 11.2. The number of aliphatic hydroxyl groups excluding tert-OH is 1. The van der Waals surface area contributed by atoms with E-state index in [2.05, 4.69) is 87.5 Å². The molecule has 0 spiro atoms. The van der Waals surface area contributed by atoms with Crippen molar-refractivity contribution in [3.8, 4) is 0 Å². The van der Waals surface area contributed by atoms with Crippen LogP contribution in [0.1, 0.15) is 17.2 Å². The van der Waals surface area contributed by atoms with Gasteiger partial charge in [-0.2, -0.15) is 0 Å². The van der Waals surface area contributed by atoms with Crippen LogP contribution in [0.5, 0.6) is 0 Å². The fraction of sp³-hybridized carbons (Fsp3) is 0.333. The summed E-state index contributed by atoms with van der Waals surface area (Å²) in [4.78, 5) is 7.10. The summed E-state index contributed by atoms with van der Waals surface area (Å²) >= 11 is 0. The molecule has 0 bridgehead atoms. The molecule has 31 heavy (non-hydrogen) atoms. The third kappa shape index (κ3) is 5.73. The summed E-state index contributed by atoms with van der Waals surface area (Å²) in [5, 5.41) is 10.7. The molecule has 4 nitrogen and oxygen atoms in total. The van der Waals surface area contributed by atoms with Crippen molar-refractivity contribution in [3.63, 3.8) is 0 Å². The number of para-hydroxylation sites is 1. The second kappa shape index (κ2) is 10.6. The Morgan fingerprint density at radius 3 is 1.74 bits per heavy atom. The van der Waals surface area contributed by atoms with Gasteiger partial charge in [-0.1, -0.05) is 78.9 Å². The summed E-state index contributed by atoms with van der Waals surface area (Å²) in [5.74, 6) is 0. The number of hydrogen-bond acceptors (Lipinski definition) is 4. The van der Waals surface area contributed by atoms with Crippen LogP contribution in [-0.4, -0.2) is 67.3 Å². The van der Waals surface area contributed by atoms with E-state index in [4.69, 9.17) is 0 Å². The summed E-state index contributed by atoms with van der Waals surface area (Å²) in [7, 11) is 2.04. The van der Waals surface area contributed by atoms with Gasteiger partial charge in [-0.05, 0) is 23.3 Å². The summed E-state index contributed by atoms with van der Waals surface area (Å²) in [6, 6.07) is 32.1. The highest BCUT2D eigenvalue weighted by atomic mass is 16.3. The minimum absolute atomic E-state index is 0.277. The van der Waals surface area contributed by atoms with E-state index in [1.165, 1.54) is 11.1 Å². The molecule has 0 amide bonds. The van der Waals surface area contributed by atoms with Crippen LogP contribution in [0.2, 0.25) is 0 Å². The zero-order valence-corrected chi connectivity index (χ0v) is 18.3. The van der Waals surface area contributed by atoms with Crippen LogP contribution in [0.4, 0.5) is 5.69 Å². The fourth-order valence-corrected chi connectivity index (χ4v) is 4.55. The standard InChI is InChI=1S/C27H33N3O/c1-28(25-15-9-4-10-16-25)21-26(31)22-29-17-19-30(20-18-29)27(23-11-5-2-6-12-23)24-13-7-3-8-14-24/h2-16,26-27,31H,17-22H2,1H3. The lowest BCUT2D eigenvalue weighted by Gasteiger charge is -2.40. The number of aliphatic hydroxyl groups is 1. The van der Waals surface area contributed by atoms with Gasteiger partial charge in [0.2, 0.25) is 0 Å². The second-order valence-corrected chi connectivity index (χ2v) is 8.43. The van der Waals surface area contributed by atoms with Gasteiger partial charge in [-0.25, -0.2) is 0 Å². The Morgan fingerprint density at radius 1 is 0.742 bits per heavy atom. The van der Waals surface area contributed by atoms with Gasteiger partial charge in [-0.3, -0.25) is 9.80 Å². The molecule has 1 atom stereocenters. The lowest BCUT2D eigenvalue weighted by atomic mass is 9.96. The monoisotopic (exact) mass is 415 g/mol. The molecule has 0 aromatic heterocycles. The highest BCUT2D eigenvalue weighted by Crippen LogP contribution is 2.29. The third-order valence-corrected chi connectivity index (χ3v) is 6.15. The molecule has 4 rings (SSSR count). The fourth-order valence-electron chi connectivity index (χ4n) is 4.55. The number of piperazine rings is 1. The topological polar surface area (TPSA) is 30.0 Å². The molecule has 162 valence electrons. The second-order valence-electron chi connectivity index (χ2n) is 8.43. The van der Waals surface area contributed by atoms with Gasteiger partial charge in [-0.15, -0.1) is 0 Å².